The van der Waals surface area contributed by atoms with Gasteiger partial charge in [-0.3, -0.25) is 4.79 Å². The highest BCUT2D eigenvalue weighted by Gasteiger charge is 2.22. The fourth-order valence-electron chi connectivity index (χ4n) is 1.48. The van der Waals surface area contributed by atoms with Gasteiger partial charge in [-0.2, -0.15) is 0 Å². The number of carboxylic acids is 1. The van der Waals surface area contributed by atoms with E-state index in [-0.39, 0.29) is 16.9 Å². The summed E-state index contributed by atoms with van der Waals surface area (Å²) in [5.74, 6) is -2.95. The number of benzene rings is 1. The summed E-state index contributed by atoms with van der Waals surface area (Å²) in [6.07, 6.45) is 0.368. The Balaban J connectivity index is 3.64. The lowest BCUT2D eigenvalue weighted by molar-refractivity contribution is 0.0693. The molecule has 1 aromatic carbocycles. The largest absolute Gasteiger partial charge is 0.507 e. The first-order valence-electron chi connectivity index (χ1n) is 4.72. The Morgan fingerprint density at radius 2 is 1.81 bits per heavy atom. The van der Waals surface area contributed by atoms with E-state index in [1.54, 1.807) is 6.92 Å². The van der Waals surface area contributed by atoms with Gasteiger partial charge in [0.2, 0.25) is 0 Å². The molecule has 86 valence electrons. The maximum absolute atomic E-state index is 11.2. The van der Waals surface area contributed by atoms with Gasteiger partial charge in [0.1, 0.15) is 22.6 Å². The smallest absolute Gasteiger partial charge is 0.339 e. The number of carbonyl (C=O) groups excluding carboxylic acids is 1. The third-order valence-corrected chi connectivity index (χ3v) is 2.31. The number of carboxylic acid groups (broad SMARTS) is 1. The van der Waals surface area contributed by atoms with Crippen molar-refractivity contribution in [1.82, 2.24) is 0 Å². The van der Waals surface area contributed by atoms with Crippen LogP contribution in [0.4, 0.5) is 0 Å². The number of aromatic hydroxyl groups is 2. The van der Waals surface area contributed by atoms with Gasteiger partial charge in [0.25, 0.3) is 0 Å². The summed E-state index contributed by atoms with van der Waals surface area (Å²) in [7, 11) is 0. The number of hydrogen-bond donors (Lipinski definition) is 3. The lowest BCUT2D eigenvalue weighted by atomic mass is 9.98. The molecule has 5 nitrogen and oxygen atoms in total. The molecule has 5 heteroatoms. The third kappa shape index (κ3) is 1.84. The highest BCUT2D eigenvalue weighted by Crippen LogP contribution is 2.34. The molecule has 0 fully saturated rings. The van der Waals surface area contributed by atoms with Crippen molar-refractivity contribution in [2.24, 2.45) is 0 Å². The molecule has 1 aromatic rings. The van der Waals surface area contributed by atoms with Crippen molar-refractivity contribution in [3.63, 3.8) is 0 Å². The number of hydrogen-bond acceptors (Lipinski definition) is 4. The molecule has 0 atom stereocenters. The van der Waals surface area contributed by atoms with Gasteiger partial charge in [-0.15, -0.1) is 0 Å². The Morgan fingerprint density at radius 1 is 1.25 bits per heavy atom. The van der Waals surface area contributed by atoms with Crippen molar-refractivity contribution in [1.29, 1.82) is 0 Å². The summed E-state index contributed by atoms with van der Waals surface area (Å²) in [4.78, 5) is 22.0. The van der Waals surface area contributed by atoms with Gasteiger partial charge in [0, 0.05) is 0 Å². The van der Waals surface area contributed by atoms with Gasteiger partial charge in [-0.05, 0) is 25.0 Å². The predicted molar refractivity (Wildman–Crippen MR) is 56.1 cm³/mol. The van der Waals surface area contributed by atoms with Gasteiger partial charge in [-0.1, -0.05) is 6.92 Å². The standard InChI is InChI=1S/C11H12O5/c1-3-6-4-7(11(15)16)10(14)8(5(2)12)9(6)13/h4,13-14H,3H2,1-2H3,(H,15,16). The number of rotatable bonds is 3. The molecule has 0 aliphatic rings. The number of carbonyl (C=O) groups is 2. The molecule has 1 rings (SSSR count). The topological polar surface area (TPSA) is 94.8 Å². The predicted octanol–water partition coefficient (Wildman–Crippen LogP) is 1.56. The van der Waals surface area contributed by atoms with Crippen molar-refractivity contribution in [3.05, 3.63) is 22.8 Å². The Hall–Kier alpha value is -2.04. The van der Waals surface area contributed by atoms with E-state index in [1.807, 2.05) is 0 Å². The first-order valence-corrected chi connectivity index (χ1v) is 4.72. The van der Waals surface area contributed by atoms with E-state index in [0.29, 0.717) is 12.0 Å². The molecular weight excluding hydrogens is 212 g/mol. The monoisotopic (exact) mass is 224 g/mol. The number of phenols is 2. The van der Waals surface area contributed by atoms with Gasteiger partial charge in [-0.25, -0.2) is 4.79 Å². The maximum atomic E-state index is 11.2. The second kappa shape index (κ2) is 4.22. The summed E-state index contributed by atoms with van der Waals surface area (Å²) in [6.45, 7) is 2.86. The quantitative estimate of drug-likeness (QED) is 0.677. The van der Waals surface area contributed by atoms with E-state index in [2.05, 4.69) is 0 Å². The minimum absolute atomic E-state index is 0.320. The molecule has 16 heavy (non-hydrogen) atoms. The summed E-state index contributed by atoms with van der Waals surface area (Å²) < 4.78 is 0. The first kappa shape index (κ1) is 12.0. The Bertz CT molecular complexity index is 462. The van der Waals surface area contributed by atoms with E-state index < -0.39 is 17.5 Å². The van der Waals surface area contributed by atoms with Crippen LogP contribution < -0.4 is 0 Å². The SMILES string of the molecule is CCc1cc(C(=O)O)c(O)c(C(C)=O)c1O. The lowest BCUT2D eigenvalue weighted by Crippen LogP contribution is -2.04. The van der Waals surface area contributed by atoms with Gasteiger partial charge >= 0.3 is 5.97 Å². The molecular formula is C11H12O5. The molecule has 0 aliphatic heterocycles. The molecule has 0 aliphatic carbocycles. The van der Waals surface area contributed by atoms with Crippen molar-refractivity contribution >= 4 is 11.8 Å². The normalized spacial score (nSPS) is 10.1. The first-order chi connectivity index (χ1) is 7.40. The van der Waals surface area contributed by atoms with Crippen LogP contribution in [0.5, 0.6) is 11.5 Å². The van der Waals surface area contributed by atoms with Crippen LogP contribution in [0.3, 0.4) is 0 Å². The van der Waals surface area contributed by atoms with Crippen LogP contribution in [-0.2, 0) is 6.42 Å². The number of Topliss-reactive ketones (excluding diaryl/α,β-unsaturated/α-hetero) is 1. The Morgan fingerprint density at radius 3 is 2.19 bits per heavy atom. The van der Waals surface area contributed by atoms with Crippen LogP contribution in [0.2, 0.25) is 0 Å². The van der Waals surface area contributed by atoms with Crippen molar-refractivity contribution in [2.45, 2.75) is 20.3 Å². The lowest BCUT2D eigenvalue weighted by Gasteiger charge is -2.11. The molecule has 0 bridgehead atoms. The zero-order valence-electron chi connectivity index (χ0n) is 8.94. The summed E-state index contributed by atoms with van der Waals surface area (Å²) in [5, 5.41) is 28.1. The number of phenolic OH excluding ortho intramolecular Hbond substituents is 1. The minimum Gasteiger partial charge on any atom is -0.507 e. The van der Waals surface area contributed by atoms with Crippen LogP contribution in [0.15, 0.2) is 6.07 Å². The second-order valence-corrected chi connectivity index (χ2v) is 3.37. The Kier molecular flexibility index (Phi) is 3.17. The molecule has 0 aromatic heterocycles. The van der Waals surface area contributed by atoms with Crippen LogP contribution >= 0.6 is 0 Å². The molecule has 0 heterocycles. The van der Waals surface area contributed by atoms with Crippen LogP contribution in [0, 0.1) is 0 Å². The van der Waals surface area contributed by atoms with Crippen molar-refractivity contribution in [3.8, 4) is 11.5 Å². The molecule has 0 radical (unpaired) electrons. The van der Waals surface area contributed by atoms with Crippen molar-refractivity contribution < 1.29 is 24.9 Å². The molecule has 0 unspecified atom stereocenters. The van der Waals surface area contributed by atoms with Crippen LogP contribution in [-0.4, -0.2) is 27.1 Å². The van der Waals surface area contributed by atoms with E-state index >= 15 is 0 Å². The minimum atomic E-state index is -1.34. The summed E-state index contributed by atoms with van der Waals surface area (Å²) >= 11 is 0. The molecule has 0 saturated heterocycles. The fourth-order valence-corrected chi connectivity index (χ4v) is 1.48. The zero-order valence-corrected chi connectivity index (χ0v) is 8.94. The average molecular weight is 224 g/mol. The fraction of sp³-hybridized carbons (Fsp3) is 0.273. The molecule has 3 N–H and O–H groups in total. The van der Waals surface area contributed by atoms with Crippen molar-refractivity contribution in [2.75, 3.05) is 0 Å². The van der Waals surface area contributed by atoms with Crippen LogP contribution in [0.1, 0.15) is 40.1 Å². The maximum Gasteiger partial charge on any atom is 0.339 e. The van der Waals surface area contributed by atoms with Gasteiger partial charge in [0.05, 0.1) is 0 Å². The van der Waals surface area contributed by atoms with E-state index in [9.17, 15) is 19.8 Å². The second-order valence-electron chi connectivity index (χ2n) is 3.37. The van der Waals surface area contributed by atoms with Gasteiger partial charge in [0.15, 0.2) is 5.78 Å². The molecule has 0 spiro atoms. The van der Waals surface area contributed by atoms with E-state index in [1.165, 1.54) is 6.07 Å². The molecule has 0 saturated carbocycles. The molecule has 0 amide bonds. The third-order valence-electron chi connectivity index (χ3n) is 2.31. The highest BCUT2D eigenvalue weighted by molar-refractivity contribution is 6.04. The number of ketones is 1. The summed E-state index contributed by atoms with van der Waals surface area (Å²) in [6, 6.07) is 1.17. The zero-order chi connectivity index (χ0) is 12.5. The van der Waals surface area contributed by atoms with E-state index in [4.69, 9.17) is 5.11 Å². The number of aromatic carboxylic acids is 1. The highest BCUT2D eigenvalue weighted by atomic mass is 16.4. The van der Waals surface area contributed by atoms with E-state index in [0.717, 1.165) is 6.92 Å². The van der Waals surface area contributed by atoms with Gasteiger partial charge < -0.3 is 15.3 Å². The number of aryl methyl sites for hydroxylation is 1. The summed E-state index contributed by atoms with van der Waals surface area (Å²) in [5.41, 5.74) is -0.392. The van der Waals surface area contributed by atoms with Crippen LogP contribution in [0.25, 0.3) is 0 Å². The average Bonchev–Trinajstić information content (AvgIpc) is 2.16. The Labute approximate surface area is 92.0 Å².